The number of carbonyl (C=O) groups is 2. The minimum atomic E-state index is -0.712. The highest BCUT2D eigenvalue weighted by Gasteiger charge is 2.50. The Hall–Kier alpha value is -1.40. The van der Waals surface area contributed by atoms with Crippen LogP contribution >= 0.6 is 0 Å². The molecular formula is C22H37N3O3. The summed E-state index contributed by atoms with van der Waals surface area (Å²) in [5, 5.41) is 3.06. The van der Waals surface area contributed by atoms with Crippen LogP contribution in [0.4, 0.5) is 0 Å². The number of hydrogen-bond acceptors (Lipinski definition) is 5. The number of nitrogens with zero attached hydrogens (tertiary/aromatic N) is 2. The molecule has 0 aromatic carbocycles. The van der Waals surface area contributed by atoms with Gasteiger partial charge in [-0.1, -0.05) is 26.2 Å². The topological polar surface area (TPSA) is 61.9 Å². The van der Waals surface area contributed by atoms with Crippen LogP contribution in [0.25, 0.3) is 0 Å². The molecule has 6 heteroatoms. The molecule has 1 saturated carbocycles. The quantitative estimate of drug-likeness (QED) is 0.534. The smallest absolute Gasteiger partial charge is 0.335 e. The van der Waals surface area contributed by atoms with Gasteiger partial charge in [0, 0.05) is 44.1 Å². The van der Waals surface area contributed by atoms with Crippen molar-refractivity contribution in [1.29, 1.82) is 0 Å². The SMILES string of the molecule is CCN1CCC2(CC1)OC(=O)C(C)=C2C(=O)NCCCN(C)C1CCCCC1. The first-order chi connectivity index (χ1) is 13.5. The normalized spacial score (nSPS) is 23.5. The van der Waals surface area contributed by atoms with Crippen molar-refractivity contribution in [1.82, 2.24) is 15.1 Å². The third-order valence-electron chi connectivity index (χ3n) is 6.93. The standard InChI is InChI=1S/C22H37N3O3/c1-4-25-15-11-22(12-16-25)19(17(2)21(27)28-22)20(26)23-13-8-14-24(3)18-9-6-5-7-10-18/h18H,4-16H2,1-3H3,(H,23,26). The maximum atomic E-state index is 12.9. The summed E-state index contributed by atoms with van der Waals surface area (Å²) in [4.78, 5) is 30.0. The van der Waals surface area contributed by atoms with Gasteiger partial charge in [0.2, 0.25) is 0 Å². The molecule has 6 nitrogen and oxygen atoms in total. The zero-order chi connectivity index (χ0) is 20.1. The molecular weight excluding hydrogens is 354 g/mol. The lowest BCUT2D eigenvalue weighted by Gasteiger charge is -2.39. The van der Waals surface area contributed by atoms with Gasteiger partial charge in [-0.05, 0) is 46.3 Å². The zero-order valence-corrected chi connectivity index (χ0v) is 17.9. The van der Waals surface area contributed by atoms with Crippen molar-refractivity contribution in [2.24, 2.45) is 0 Å². The molecule has 0 atom stereocenters. The molecule has 3 rings (SSSR count). The largest absolute Gasteiger partial charge is 0.450 e. The summed E-state index contributed by atoms with van der Waals surface area (Å²) in [7, 11) is 2.20. The van der Waals surface area contributed by atoms with E-state index in [0.29, 0.717) is 36.6 Å². The van der Waals surface area contributed by atoms with Crippen LogP contribution in [0.1, 0.15) is 65.2 Å². The van der Waals surface area contributed by atoms with Crippen molar-refractivity contribution >= 4 is 11.9 Å². The average Bonchev–Trinajstić information content (AvgIpc) is 2.95. The van der Waals surface area contributed by atoms with Crippen LogP contribution in [0.3, 0.4) is 0 Å². The van der Waals surface area contributed by atoms with Gasteiger partial charge in [-0.2, -0.15) is 0 Å². The van der Waals surface area contributed by atoms with Crippen LogP contribution in [0.5, 0.6) is 0 Å². The van der Waals surface area contributed by atoms with Gasteiger partial charge in [-0.15, -0.1) is 0 Å². The maximum Gasteiger partial charge on any atom is 0.335 e. The Morgan fingerprint density at radius 2 is 1.93 bits per heavy atom. The van der Waals surface area contributed by atoms with E-state index in [1.807, 2.05) is 0 Å². The highest BCUT2D eigenvalue weighted by Crippen LogP contribution is 2.40. The average molecular weight is 392 g/mol. The van der Waals surface area contributed by atoms with Crippen molar-refractivity contribution < 1.29 is 14.3 Å². The second-order valence-corrected chi connectivity index (χ2v) is 8.70. The van der Waals surface area contributed by atoms with Gasteiger partial charge in [0.15, 0.2) is 0 Å². The molecule has 1 amide bonds. The maximum absolute atomic E-state index is 12.9. The number of hydrogen-bond donors (Lipinski definition) is 1. The number of esters is 1. The Morgan fingerprint density at radius 1 is 1.25 bits per heavy atom. The molecule has 2 heterocycles. The molecule has 1 N–H and O–H groups in total. The molecule has 28 heavy (non-hydrogen) atoms. The van der Waals surface area contributed by atoms with Crippen molar-refractivity contribution in [2.45, 2.75) is 76.9 Å². The Kier molecular flexibility index (Phi) is 7.15. The van der Waals surface area contributed by atoms with Gasteiger partial charge < -0.3 is 19.9 Å². The monoisotopic (exact) mass is 391 g/mol. The summed E-state index contributed by atoms with van der Waals surface area (Å²) < 4.78 is 5.74. The fourth-order valence-electron chi connectivity index (χ4n) is 5.03. The minimum absolute atomic E-state index is 0.117. The summed E-state index contributed by atoms with van der Waals surface area (Å²) in [5.41, 5.74) is 0.353. The summed E-state index contributed by atoms with van der Waals surface area (Å²) >= 11 is 0. The molecule has 3 aliphatic rings. The summed E-state index contributed by atoms with van der Waals surface area (Å²) in [6.45, 7) is 8.21. The van der Waals surface area contributed by atoms with E-state index in [0.717, 1.165) is 32.6 Å². The summed E-state index contributed by atoms with van der Waals surface area (Å²) in [5.74, 6) is -0.444. The lowest BCUT2D eigenvalue weighted by molar-refractivity contribution is -0.150. The molecule has 1 aliphatic carbocycles. The molecule has 2 fully saturated rings. The van der Waals surface area contributed by atoms with Crippen molar-refractivity contribution in [2.75, 3.05) is 39.8 Å². The van der Waals surface area contributed by atoms with E-state index in [9.17, 15) is 9.59 Å². The fourth-order valence-corrected chi connectivity index (χ4v) is 5.03. The summed E-state index contributed by atoms with van der Waals surface area (Å²) in [6.07, 6.45) is 8.98. The number of ether oxygens (including phenoxy) is 1. The van der Waals surface area contributed by atoms with Crippen molar-refractivity contribution in [3.8, 4) is 0 Å². The van der Waals surface area contributed by atoms with Crippen molar-refractivity contribution in [3.63, 3.8) is 0 Å². The van der Waals surface area contributed by atoms with Crippen LogP contribution in [0, 0.1) is 0 Å². The van der Waals surface area contributed by atoms with E-state index >= 15 is 0 Å². The van der Waals surface area contributed by atoms with Crippen LogP contribution in [-0.4, -0.2) is 73.1 Å². The molecule has 0 bridgehead atoms. The number of rotatable bonds is 7. The Bertz CT molecular complexity index is 602. The Balaban J connectivity index is 1.51. The predicted octanol–water partition coefficient (Wildman–Crippen LogP) is 2.49. The van der Waals surface area contributed by atoms with Gasteiger partial charge >= 0.3 is 5.97 Å². The lowest BCUT2D eigenvalue weighted by atomic mass is 9.82. The second-order valence-electron chi connectivity index (χ2n) is 8.70. The zero-order valence-electron chi connectivity index (χ0n) is 17.9. The van der Waals surface area contributed by atoms with E-state index in [-0.39, 0.29) is 11.9 Å². The van der Waals surface area contributed by atoms with Gasteiger partial charge in [0.1, 0.15) is 5.60 Å². The van der Waals surface area contributed by atoms with Crippen LogP contribution < -0.4 is 5.32 Å². The third kappa shape index (κ3) is 4.60. The summed E-state index contributed by atoms with van der Waals surface area (Å²) in [6, 6.07) is 0.697. The lowest BCUT2D eigenvalue weighted by Crippen LogP contribution is -2.48. The van der Waals surface area contributed by atoms with Crippen molar-refractivity contribution in [3.05, 3.63) is 11.1 Å². The molecule has 158 valence electrons. The van der Waals surface area contributed by atoms with Gasteiger partial charge in [0.05, 0.1) is 5.57 Å². The number of piperidine rings is 1. The van der Waals surface area contributed by atoms with Gasteiger partial charge in [-0.3, -0.25) is 4.79 Å². The number of carbonyl (C=O) groups excluding carboxylic acids is 2. The Labute approximate surface area is 169 Å². The molecule has 2 aliphatic heterocycles. The molecule has 1 spiro atoms. The number of amides is 1. The predicted molar refractivity (Wildman–Crippen MR) is 110 cm³/mol. The van der Waals surface area contributed by atoms with E-state index in [1.54, 1.807) is 6.92 Å². The van der Waals surface area contributed by atoms with Crippen LogP contribution in [-0.2, 0) is 14.3 Å². The molecule has 0 aromatic heterocycles. The van der Waals surface area contributed by atoms with Gasteiger partial charge in [0.25, 0.3) is 5.91 Å². The third-order valence-corrected chi connectivity index (χ3v) is 6.93. The minimum Gasteiger partial charge on any atom is -0.450 e. The van der Waals surface area contributed by atoms with E-state index < -0.39 is 5.60 Å². The fraction of sp³-hybridized carbons (Fsp3) is 0.818. The molecule has 0 unspecified atom stereocenters. The first kappa shape index (κ1) is 21.3. The van der Waals surface area contributed by atoms with Crippen LogP contribution in [0.15, 0.2) is 11.1 Å². The first-order valence-electron chi connectivity index (χ1n) is 11.1. The van der Waals surface area contributed by atoms with Crippen LogP contribution in [0.2, 0.25) is 0 Å². The highest BCUT2D eigenvalue weighted by atomic mass is 16.6. The number of nitrogens with one attached hydrogen (secondary N) is 1. The van der Waals surface area contributed by atoms with E-state index in [4.69, 9.17) is 4.74 Å². The molecule has 1 saturated heterocycles. The Morgan fingerprint density at radius 3 is 2.57 bits per heavy atom. The number of likely N-dealkylation sites (tertiary alicyclic amines) is 1. The second kappa shape index (κ2) is 9.40. The highest BCUT2D eigenvalue weighted by molar-refractivity contribution is 6.07. The molecule has 0 aromatic rings. The van der Waals surface area contributed by atoms with E-state index in [2.05, 4.69) is 29.1 Å². The van der Waals surface area contributed by atoms with Gasteiger partial charge in [-0.25, -0.2) is 4.79 Å². The first-order valence-corrected chi connectivity index (χ1v) is 11.1. The van der Waals surface area contributed by atoms with E-state index in [1.165, 1.54) is 32.1 Å². The molecule has 0 radical (unpaired) electrons.